The van der Waals surface area contributed by atoms with Gasteiger partial charge >= 0.3 is 25.7 Å². The van der Waals surface area contributed by atoms with E-state index in [0.29, 0.717) is 0 Å². The molecule has 0 saturated heterocycles. The van der Waals surface area contributed by atoms with Crippen molar-refractivity contribution in [2.45, 2.75) is 0 Å². The maximum absolute atomic E-state index is 8.50. The van der Waals surface area contributed by atoms with E-state index < -0.39 is 19.1 Å². The molecule has 0 spiro atoms. The van der Waals surface area contributed by atoms with Crippen LogP contribution in [0.25, 0.3) is 0 Å². The van der Waals surface area contributed by atoms with Crippen LogP contribution < -0.4 is 0 Å². The van der Waals surface area contributed by atoms with E-state index in [-0.39, 0.29) is 28.3 Å². The molecule has 5 heteroatoms. The molecule has 0 aliphatic rings. The summed E-state index contributed by atoms with van der Waals surface area (Å²) in [5, 5.41) is 0. The summed E-state index contributed by atoms with van der Waals surface area (Å²) in [4.78, 5) is 0. The van der Waals surface area contributed by atoms with Gasteiger partial charge in [0, 0.05) is 0 Å². The third-order valence-corrected chi connectivity index (χ3v) is 0. The average Bonchev–Trinajstić information content (AvgIpc) is 0.918. The second-order valence-corrected chi connectivity index (χ2v) is 0.344. The Kier molecular flexibility index (Phi) is 65.0. The van der Waals surface area contributed by atoms with Crippen LogP contribution in [0.3, 0.4) is 0 Å². The van der Waals surface area contributed by atoms with Crippen LogP contribution in [0.15, 0.2) is 0 Å². The van der Waals surface area contributed by atoms with Crippen molar-refractivity contribution >= 4 is 28.3 Å². The molecule has 5 heavy (non-hydrogen) atoms. The molecule has 0 fully saturated rings. The summed E-state index contributed by atoms with van der Waals surface area (Å²) in [6, 6.07) is 0. The number of hydrogen-bond acceptors (Lipinski definition) is 2. The van der Waals surface area contributed by atoms with Gasteiger partial charge in [0.2, 0.25) is 0 Å². The summed E-state index contributed by atoms with van der Waals surface area (Å²) in [5.41, 5.74) is 0. The first-order valence-electron chi connectivity index (χ1n) is 0.408. The molecule has 0 aromatic carbocycles. The Labute approximate surface area is 54.1 Å². The zero-order chi connectivity index (χ0) is 2.71. The van der Waals surface area contributed by atoms with Crippen LogP contribution >= 0.6 is 0 Å². The van der Waals surface area contributed by atoms with Gasteiger partial charge in [-0.05, 0) is 11.0 Å². The van der Waals surface area contributed by atoms with Gasteiger partial charge in [-0.15, -0.1) is 0 Å². The molecule has 0 unspecified atom stereocenters. The SMILES string of the molecule is [AlH3].[O]=[Ti]=[O].[SiH4]. The van der Waals surface area contributed by atoms with Crippen molar-refractivity contribution in [3.05, 3.63) is 0 Å². The molecule has 0 aliphatic heterocycles. The second kappa shape index (κ2) is 19.6. The first-order valence-corrected chi connectivity index (χ1v) is 1.68. The first-order chi connectivity index (χ1) is 1.41. The van der Waals surface area contributed by atoms with E-state index in [4.69, 9.17) is 6.65 Å². The maximum Gasteiger partial charge on any atom is -0.0149 e. The van der Waals surface area contributed by atoms with Crippen molar-refractivity contribution in [3.8, 4) is 0 Å². The monoisotopic (exact) mass is 142 g/mol. The zero-order valence-electron chi connectivity index (χ0n) is 1.32. The third-order valence-electron chi connectivity index (χ3n) is 0. The van der Waals surface area contributed by atoms with Gasteiger partial charge in [-0.25, -0.2) is 0 Å². The van der Waals surface area contributed by atoms with Crippen LogP contribution in [0.5, 0.6) is 0 Å². The normalized spacial score (nSPS) is 1.60. The molecule has 0 radical (unpaired) electrons. The van der Waals surface area contributed by atoms with Crippen LogP contribution in [-0.2, 0) is 25.7 Å². The maximum atomic E-state index is 8.50. The molecule has 0 heterocycles. The molecule has 0 saturated carbocycles. The van der Waals surface area contributed by atoms with Crippen molar-refractivity contribution in [3.63, 3.8) is 0 Å². The molecule has 0 aliphatic carbocycles. The van der Waals surface area contributed by atoms with E-state index in [1.54, 1.807) is 0 Å². The molecule has 0 bridgehead atoms. The summed E-state index contributed by atoms with van der Waals surface area (Å²) in [5.74, 6) is 0. The Bertz CT molecular complexity index is 30.6. The van der Waals surface area contributed by atoms with Crippen LogP contribution in [0.1, 0.15) is 0 Å². The van der Waals surface area contributed by atoms with E-state index >= 15 is 0 Å². The van der Waals surface area contributed by atoms with E-state index in [1.807, 2.05) is 0 Å². The van der Waals surface area contributed by atoms with Gasteiger partial charge in [0.05, 0.1) is 0 Å². The summed E-state index contributed by atoms with van der Waals surface area (Å²) in [6.45, 7) is 0. The summed E-state index contributed by atoms with van der Waals surface area (Å²) in [7, 11) is 0. The van der Waals surface area contributed by atoms with E-state index in [0.717, 1.165) is 0 Å². The number of hydrogen-bond donors (Lipinski definition) is 0. The summed E-state index contributed by atoms with van der Waals surface area (Å²) >= 11 is -2.00. The Hall–Kier alpha value is 1.06. The minimum Gasteiger partial charge on any atom is -0.0149 e. The van der Waals surface area contributed by atoms with E-state index in [1.165, 1.54) is 0 Å². The fourth-order valence-electron chi connectivity index (χ4n) is 0. The van der Waals surface area contributed by atoms with Crippen LogP contribution in [0, 0.1) is 0 Å². The molecule has 0 aromatic rings. The summed E-state index contributed by atoms with van der Waals surface area (Å²) in [6.07, 6.45) is 0. The average molecular weight is 142 g/mol. The fourth-order valence-corrected chi connectivity index (χ4v) is 0. The zero-order valence-corrected chi connectivity index (χ0v) is 2.88. The van der Waals surface area contributed by atoms with Gasteiger partial charge < -0.3 is 0 Å². The predicted molar refractivity (Wildman–Crippen MR) is 22.6 cm³/mol. The summed E-state index contributed by atoms with van der Waals surface area (Å²) < 4.78 is 17.0. The molecular weight excluding hydrogens is 135 g/mol. The predicted octanol–water partition coefficient (Wildman–Crippen LogP) is -2.88. The van der Waals surface area contributed by atoms with Gasteiger partial charge in [0.15, 0.2) is 17.4 Å². The van der Waals surface area contributed by atoms with Crippen molar-refractivity contribution < 1.29 is 25.7 Å². The van der Waals surface area contributed by atoms with Crippen molar-refractivity contribution in [1.29, 1.82) is 0 Å². The van der Waals surface area contributed by atoms with Gasteiger partial charge in [0.1, 0.15) is 0 Å². The van der Waals surface area contributed by atoms with Crippen molar-refractivity contribution in [1.82, 2.24) is 0 Å². The molecule has 0 rings (SSSR count). The Balaban J connectivity index is -0.0000000200. The molecule has 30 valence electrons. The van der Waals surface area contributed by atoms with Crippen molar-refractivity contribution in [2.24, 2.45) is 0 Å². The molecule has 0 amide bonds. The largest absolute Gasteiger partial charge is 0.0149 e. The number of rotatable bonds is 0. The molecule has 2 nitrogen and oxygen atoms in total. The topological polar surface area (TPSA) is 34.1 Å². The fraction of sp³-hybridized carbons (Fsp3) is 0. The van der Waals surface area contributed by atoms with Crippen molar-refractivity contribution in [2.75, 3.05) is 0 Å². The van der Waals surface area contributed by atoms with Gasteiger partial charge in [-0.2, -0.15) is 0 Å². The van der Waals surface area contributed by atoms with Crippen LogP contribution in [-0.4, -0.2) is 28.3 Å². The standard InChI is InChI=1S/Al.2O.H4Si.Ti.3H/h;;;1H4;;;;. The van der Waals surface area contributed by atoms with Crippen LogP contribution in [0.4, 0.5) is 0 Å². The molecule has 0 atom stereocenters. The molecule has 0 aromatic heterocycles. The Morgan fingerprint density at radius 2 is 1.20 bits per heavy atom. The molecule has 0 N–H and O–H groups in total. The Morgan fingerprint density at radius 3 is 1.20 bits per heavy atom. The first kappa shape index (κ1) is 16.6. The minimum absolute atomic E-state index is 0. The van der Waals surface area contributed by atoms with Gasteiger partial charge in [-0.1, -0.05) is 0 Å². The van der Waals surface area contributed by atoms with Gasteiger partial charge in [-0.3, -0.25) is 0 Å². The second-order valence-electron chi connectivity index (χ2n) is 0.0833. The van der Waals surface area contributed by atoms with E-state index in [2.05, 4.69) is 0 Å². The minimum atomic E-state index is -2.00. The van der Waals surface area contributed by atoms with E-state index in [9.17, 15) is 0 Å². The Morgan fingerprint density at radius 1 is 1.20 bits per heavy atom. The van der Waals surface area contributed by atoms with Gasteiger partial charge in [0.25, 0.3) is 0 Å². The molecular formula is H7AlO2SiTi. The van der Waals surface area contributed by atoms with Crippen LogP contribution in [0.2, 0.25) is 0 Å². The quantitative estimate of drug-likeness (QED) is 0.340. The smallest absolute Gasteiger partial charge is 0.0149 e. The third kappa shape index (κ3) is 42.0.